The number of hydrogen-bond donors (Lipinski definition) is 2. The van der Waals surface area contributed by atoms with Crippen molar-refractivity contribution >= 4 is 0 Å². The van der Waals surface area contributed by atoms with Crippen LogP contribution >= 0.6 is 0 Å². The lowest BCUT2D eigenvalue weighted by Crippen LogP contribution is -2.16. The maximum atomic E-state index is 4.11. The minimum absolute atomic E-state index is 0.772. The summed E-state index contributed by atoms with van der Waals surface area (Å²) in [4.78, 5) is 7.17. The second-order valence-electron chi connectivity index (χ2n) is 3.40. The Balaban J connectivity index is 2.04. The van der Waals surface area contributed by atoms with E-state index in [1.807, 2.05) is 6.20 Å². The zero-order valence-electron chi connectivity index (χ0n) is 7.80. The third-order valence-corrected chi connectivity index (χ3v) is 1.75. The molecule has 0 aromatic carbocycles. The largest absolute Gasteiger partial charge is 0.348 e. The van der Waals surface area contributed by atoms with Crippen LogP contribution in [0.3, 0.4) is 0 Å². The molecule has 1 rings (SSSR count). The summed E-state index contributed by atoms with van der Waals surface area (Å²) in [6, 6.07) is 0. The highest BCUT2D eigenvalue weighted by molar-refractivity contribution is 4.85. The van der Waals surface area contributed by atoms with Gasteiger partial charge in [0.1, 0.15) is 5.82 Å². The van der Waals surface area contributed by atoms with Gasteiger partial charge in [0.2, 0.25) is 0 Å². The van der Waals surface area contributed by atoms with Crippen molar-refractivity contribution in [3.8, 4) is 0 Å². The van der Waals surface area contributed by atoms with Crippen LogP contribution in [-0.4, -0.2) is 16.5 Å². The standard InChI is InChI=1S/C9H17N3/c1-8(2)3-4-10-7-9-11-5-6-12-9/h5-6,8,10H,3-4,7H2,1-2H3,(H,11,12). The molecular weight excluding hydrogens is 150 g/mol. The molecule has 0 saturated carbocycles. The van der Waals surface area contributed by atoms with Crippen molar-refractivity contribution in [3.05, 3.63) is 18.2 Å². The third-order valence-electron chi connectivity index (χ3n) is 1.75. The van der Waals surface area contributed by atoms with E-state index in [2.05, 4.69) is 29.1 Å². The number of H-pyrrole nitrogens is 1. The molecule has 0 aliphatic rings. The number of aromatic nitrogens is 2. The minimum Gasteiger partial charge on any atom is -0.348 e. The van der Waals surface area contributed by atoms with Gasteiger partial charge in [0.15, 0.2) is 0 Å². The van der Waals surface area contributed by atoms with Crippen LogP contribution < -0.4 is 5.32 Å². The lowest BCUT2D eigenvalue weighted by molar-refractivity contribution is 0.532. The van der Waals surface area contributed by atoms with E-state index < -0.39 is 0 Å². The quantitative estimate of drug-likeness (QED) is 0.653. The highest BCUT2D eigenvalue weighted by atomic mass is 15.0. The predicted molar refractivity (Wildman–Crippen MR) is 49.7 cm³/mol. The van der Waals surface area contributed by atoms with Gasteiger partial charge in [0.05, 0.1) is 6.54 Å². The Kier molecular flexibility index (Phi) is 3.80. The summed E-state index contributed by atoms with van der Waals surface area (Å²) in [6.07, 6.45) is 4.85. The summed E-state index contributed by atoms with van der Waals surface area (Å²) in [5.74, 6) is 1.79. The van der Waals surface area contributed by atoms with Gasteiger partial charge in [0, 0.05) is 12.4 Å². The molecule has 0 aliphatic carbocycles. The summed E-state index contributed by atoms with van der Waals surface area (Å²) in [6.45, 7) is 6.38. The van der Waals surface area contributed by atoms with Crippen LogP contribution in [0.1, 0.15) is 26.1 Å². The van der Waals surface area contributed by atoms with Gasteiger partial charge in [-0.15, -0.1) is 0 Å². The molecule has 12 heavy (non-hydrogen) atoms. The molecule has 0 fully saturated rings. The van der Waals surface area contributed by atoms with E-state index in [1.54, 1.807) is 6.20 Å². The second kappa shape index (κ2) is 4.93. The Morgan fingerprint density at radius 1 is 1.58 bits per heavy atom. The molecule has 2 N–H and O–H groups in total. The van der Waals surface area contributed by atoms with Crippen LogP contribution in [0.15, 0.2) is 12.4 Å². The molecule has 3 heteroatoms. The first-order valence-corrected chi connectivity index (χ1v) is 4.48. The fraction of sp³-hybridized carbons (Fsp3) is 0.667. The Labute approximate surface area is 73.6 Å². The molecule has 68 valence electrons. The monoisotopic (exact) mass is 167 g/mol. The molecule has 0 amide bonds. The molecule has 0 unspecified atom stereocenters. The molecular formula is C9H17N3. The number of imidazole rings is 1. The topological polar surface area (TPSA) is 40.7 Å². The summed E-state index contributed by atoms with van der Waals surface area (Å²) < 4.78 is 0. The summed E-state index contributed by atoms with van der Waals surface area (Å²) in [7, 11) is 0. The van der Waals surface area contributed by atoms with E-state index in [9.17, 15) is 0 Å². The van der Waals surface area contributed by atoms with Crippen molar-refractivity contribution in [2.24, 2.45) is 5.92 Å². The summed E-state index contributed by atoms with van der Waals surface area (Å²) >= 11 is 0. The Bertz CT molecular complexity index is 192. The van der Waals surface area contributed by atoms with Crippen LogP contribution in [0, 0.1) is 5.92 Å². The molecule has 1 heterocycles. The summed E-state index contributed by atoms with van der Waals surface area (Å²) in [5.41, 5.74) is 0. The number of rotatable bonds is 5. The molecule has 0 spiro atoms. The molecule has 0 atom stereocenters. The molecule has 0 radical (unpaired) electrons. The van der Waals surface area contributed by atoms with E-state index >= 15 is 0 Å². The second-order valence-corrected chi connectivity index (χ2v) is 3.40. The van der Waals surface area contributed by atoms with Gasteiger partial charge in [-0.1, -0.05) is 13.8 Å². The van der Waals surface area contributed by atoms with Crippen LogP contribution in [0.25, 0.3) is 0 Å². The van der Waals surface area contributed by atoms with Gasteiger partial charge < -0.3 is 10.3 Å². The van der Waals surface area contributed by atoms with E-state index in [4.69, 9.17) is 0 Å². The number of hydrogen-bond acceptors (Lipinski definition) is 2. The van der Waals surface area contributed by atoms with Crippen LogP contribution in [-0.2, 0) is 6.54 Å². The maximum Gasteiger partial charge on any atom is 0.120 e. The van der Waals surface area contributed by atoms with E-state index in [-0.39, 0.29) is 0 Å². The Hall–Kier alpha value is -0.830. The first kappa shape index (κ1) is 9.26. The van der Waals surface area contributed by atoms with E-state index in [0.717, 1.165) is 24.8 Å². The first-order chi connectivity index (χ1) is 5.79. The van der Waals surface area contributed by atoms with E-state index in [1.165, 1.54) is 6.42 Å². The van der Waals surface area contributed by atoms with Crippen LogP contribution in [0.4, 0.5) is 0 Å². The van der Waals surface area contributed by atoms with Crippen molar-refractivity contribution in [2.45, 2.75) is 26.8 Å². The molecule has 3 nitrogen and oxygen atoms in total. The Morgan fingerprint density at radius 3 is 3.00 bits per heavy atom. The average Bonchev–Trinajstić information content (AvgIpc) is 2.49. The van der Waals surface area contributed by atoms with Gasteiger partial charge in [-0.3, -0.25) is 0 Å². The van der Waals surface area contributed by atoms with Crippen LogP contribution in [0.2, 0.25) is 0 Å². The predicted octanol–water partition coefficient (Wildman–Crippen LogP) is 1.55. The van der Waals surface area contributed by atoms with Gasteiger partial charge >= 0.3 is 0 Å². The fourth-order valence-electron chi connectivity index (χ4n) is 0.992. The van der Waals surface area contributed by atoms with Crippen molar-refractivity contribution in [1.29, 1.82) is 0 Å². The van der Waals surface area contributed by atoms with Crippen molar-refractivity contribution in [2.75, 3.05) is 6.54 Å². The Morgan fingerprint density at radius 2 is 2.42 bits per heavy atom. The van der Waals surface area contributed by atoms with Crippen molar-refractivity contribution in [3.63, 3.8) is 0 Å². The minimum atomic E-state index is 0.772. The third kappa shape index (κ3) is 3.53. The number of nitrogens with zero attached hydrogens (tertiary/aromatic N) is 1. The highest BCUT2D eigenvalue weighted by Crippen LogP contribution is 1.96. The molecule has 1 aromatic rings. The molecule has 0 aliphatic heterocycles. The average molecular weight is 167 g/mol. The van der Waals surface area contributed by atoms with Gasteiger partial charge in [0.25, 0.3) is 0 Å². The highest BCUT2D eigenvalue weighted by Gasteiger charge is 1.95. The van der Waals surface area contributed by atoms with E-state index in [0.29, 0.717) is 0 Å². The lowest BCUT2D eigenvalue weighted by atomic mass is 10.1. The SMILES string of the molecule is CC(C)CCNCc1ncc[nH]1. The maximum absolute atomic E-state index is 4.11. The van der Waals surface area contributed by atoms with Gasteiger partial charge in [-0.25, -0.2) is 4.98 Å². The van der Waals surface area contributed by atoms with Crippen molar-refractivity contribution < 1.29 is 0 Å². The normalized spacial score (nSPS) is 10.9. The molecule has 0 bridgehead atoms. The number of aromatic amines is 1. The van der Waals surface area contributed by atoms with Gasteiger partial charge in [-0.2, -0.15) is 0 Å². The number of nitrogens with one attached hydrogen (secondary N) is 2. The first-order valence-electron chi connectivity index (χ1n) is 4.48. The fourth-order valence-corrected chi connectivity index (χ4v) is 0.992. The molecule has 0 saturated heterocycles. The zero-order valence-corrected chi connectivity index (χ0v) is 7.80. The van der Waals surface area contributed by atoms with Crippen molar-refractivity contribution in [1.82, 2.24) is 15.3 Å². The smallest absolute Gasteiger partial charge is 0.120 e. The lowest BCUT2D eigenvalue weighted by Gasteiger charge is -2.04. The van der Waals surface area contributed by atoms with Gasteiger partial charge in [-0.05, 0) is 18.9 Å². The molecule has 1 aromatic heterocycles. The zero-order chi connectivity index (χ0) is 8.81. The van der Waals surface area contributed by atoms with Crippen LogP contribution in [0.5, 0.6) is 0 Å². The summed E-state index contributed by atoms with van der Waals surface area (Å²) in [5, 5.41) is 3.33.